The summed E-state index contributed by atoms with van der Waals surface area (Å²) in [5.74, 6) is 0. The lowest BCUT2D eigenvalue weighted by molar-refractivity contribution is 0.336. The third kappa shape index (κ3) is 8.94. The first kappa shape index (κ1) is 15.0. The van der Waals surface area contributed by atoms with Crippen LogP contribution in [0.15, 0.2) is 0 Å². The van der Waals surface area contributed by atoms with Crippen LogP contribution in [0, 0.1) is 0 Å². The van der Waals surface area contributed by atoms with Gasteiger partial charge in [0.05, 0.1) is 9.65 Å². The number of halogens is 4. The van der Waals surface area contributed by atoms with Crippen molar-refractivity contribution in [1.29, 1.82) is 0 Å². The summed E-state index contributed by atoms with van der Waals surface area (Å²) in [5, 5.41) is 1.58. The second kappa shape index (κ2) is 9.22. The lowest BCUT2D eigenvalue weighted by atomic mass is 10.5. The third-order valence-corrected chi connectivity index (χ3v) is 7.29. The molecule has 0 aliphatic heterocycles. The van der Waals surface area contributed by atoms with Gasteiger partial charge in [-0.05, 0) is 4.57 Å². The van der Waals surface area contributed by atoms with Crippen LogP contribution >= 0.6 is 71.7 Å². The smallest absolute Gasteiger partial charge is 0.145 e. The Hall–Kier alpha value is 1.98. The fraction of sp³-hybridized carbons (Fsp3) is 1.00. The third-order valence-electron chi connectivity index (χ3n) is 1.08. The van der Waals surface area contributed by atoms with Gasteiger partial charge in [-0.25, -0.2) is 0 Å². The Bertz CT molecular complexity index is 158. The minimum absolute atomic E-state index is 0.217. The number of rotatable bonds is 7. The molecule has 2 nitrogen and oxygen atoms in total. The highest BCUT2D eigenvalue weighted by Crippen LogP contribution is 2.27. The van der Waals surface area contributed by atoms with Crippen molar-refractivity contribution in [2.24, 2.45) is 0 Å². The quantitative estimate of drug-likeness (QED) is 0.420. The van der Waals surface area contributed by atoms with Gasteiger partial charge in [0, 0.05) is 10.7 Å². The molecule has 0 aliphatic carbocycles. The summed E-state index contributed by atoms with van der Waals surface area (Å²) in [6.45, 7) is 0.475. The molecule has 0 radical (unpaired) electrons. The Labute approximate surface area is 113 Å². The second-order valence-corrected chi connectivity index (χ2v) is 7.49. The van der Waals surface area contributed by atoms with E-state index >= 15 is 0 Å². The minimum Gasteiger partial charge on any atom is -0.145 e. The molecule has 0 saturated heterocycles. The van der Waals surface area contributed by atoms with Gasteiger partial charge in [0.2, 0.25) is 0 Å². The molecule has 0 aliphatic rings. The van der Waals surface area contributed by atoms with Crippen LogP contribution in [0.2, 0.25) is 0 Å². The van der Waals surface area contributed by atoms with Crippen molar-refractivity contribution in [2.45, 2.75) is 9.65 Å². The maximum absolute atomic E-state index is 11.3. The lowest BCUT2D eigenvalue weighted by Gasteiger charge is -1.99. The van der Waals surface area contributed by atoms with Crippen molar-refractivity contribution in [3.63, 3.8) is 0 Å². The Kier molecular flexibility index (Phi) is 10.6. The summed E-state index contributed by atoms with van der Waals surface area (Å²) < 4.78 is 16.4. The molecule has 0 heterocycles. The fourth-order valence-electron chi connectivity index (χ4n) is 0.472. The highest BCUT2D eigenvalue weighted by atomic mass is 79.9. The Morgan fingerprint density at radius 3 is 2.15 bits per heavy atom. The molecule has 0 aromatic rings. The van der Waals surface area contributed by atoms with E-state index in [4.69, 9.17) is 4.52 Å². The first-order valence-corrected chi connectivity index (χ1v) is 9.01. The van der Waals surface area contributed by atoms with E-state index < -0.39 is 8.03 Å². The molecule has 0 rings (SSSR count). The van der Waals surface area contributed by atoms with Crippen LogP contribution in [0.3, 0.4) is 0 Å². The molecule has 0 fully saturated rings. The molecular formula is C6H10Br4O2P+. The van der Waals surface area contributed by atoms with Crippen LogP contribution in [0.4, 0.5) is 0 Å². The van der Waals surface area contributed by atoms with E-state index in [-0.39, 0.29) is 9.65 Å². The van der Waals surface area contributed by atoms with Gasteiger partial charge >= 0.3 is 8.03 Å². The predicted molar refractivity (Wildman–Crippen MR) is 71.4 cm³/mol. The highest BCUT2D eigenvalue weighted by Gasteiger charge is 2.23. The second-order valence-electron chi connectivity index (χ2n) is 2.31. The first-order valence-electron chi connectivity index (χ1n) is 3.57. The topological polar surface area (TPSA) is 26.3 Å². The number of hydrogen-bond acceptors (Lipinski definition) is 2. The largest absolute Gasteiger partial charge is 0.509 e. The highest BCUT2D eigenvalue weighted by molar-refractivity contribution is 9.12. The molecule has 3 unspecified atom stereocenters. The zero-order valence-electron chi connectivity index (χ0n) is 6.76. The van der Waals surface area contributed by atoms with Crippen molar-refractivity contribution in [1.82, 2.24) is 0 Å². The average molecular weight is 465 g/mol. The molecule has 13 heavy (non-hydrogen) atoms. The van der Waals surface area contributed by atoms with Gasteiger partial charge in [0.15, 0.2) is 6.16 Å². The SMILES string of the molecule is O=[P+](CC(Br)CBr)OCC(Br)CBr. The Balaban J connectivity index is 3.51. The predicted octanol–water partition coefficient (Wildman–Crippen LogP) is 4.06. The van der Waals surface area contributed by atoms with Gasteiger partial charge in [0.1, 0.15) is 6.61 Å². The molecule has 0 amide bonds. The van der Waals surface area contributed by atoms with E-state index in [2.05, 4.69) is 63.7 Å². The van der Waals surface area contributed by atoms with Crippen molar-refractivity contribution in [3.8, 4) is 0 Å². The maximum Gasteiger partial charge on any atom is 0.509 e. The molecular weight excluding hydrogens is 455 g/mol. The van der Waals surface area contributed by atoms with Gasteiger partial charge in [-0.1, -0.05) is 63.7 Å². The van der Waals surface area contributed by atoms with Crippen molar-refractivity contribution < 1.29 is 9.09 Å². The Morgan fingerprint density at radius 2 is 1.69 bits per heavy atom. The average Bonchev–Trinajstić information content (AvgIpc) is 2.13. The molecule has 78 valence electrons. The molecule has 0 N–H and O–H groups in total. The maximum atomic E-state index is 11.3. The summed E-state index contributed by atoms with van der Waals surface area (Å²) in [4.78, 5) is 0.443. The van der Waals surface area contributed by atoms with E-state index in [1.807, 2.05) is 0 Å². The summed E-state index contributed by atoms with van der Waals surface area (Å²) >= 11 is 13.3. The Morgan fingerprint density at radius 1 is 1.15 bits per heavy atom. The van der Waals surface area contributed by atoms with Crippen molar-refractivity contribution >= 4 is 71.7 Å². The molecule has 0 spiro atoms. The first-order chi connectivity index (χ1) is 6.10. The van der Waals surface area contributed by atoms with Crippen LogP contribution in [-0.4, -0.2) is 33.1 Å². The van der Waals surface area contributed by atoms with E-state index in [0.29, 0.717) is 12.8 Å². The molecule has 7 heteroatoms. The standard InChI is InChI=1S/C6H10Br4O2P/c7-1-5(9)3-12-13(11)4-6(10)2-8/h5-6H,1-4H2/q+1. The lowest BCUT2D eigenvalue weighted by Crippen LogP contribution is -2.09. The van der Waals surface area contributed by atoms with Gasteiger partial charge < -0.3 is 0 Å². The monoisotopic (exact) mass is 461 g/mol. The van der Waals surface area contributed by atoms with Gasteiger partial charge in [-0.2, -0.15) is 0 Å². The van der Waals surface area contributed by atoms with Gasteiger partial charge in [-0.3, -0.25) is 0 Å². The molecule has 0 aromatic carbocycles. The zero-order chi connectivity index (χ0) is 10.3. The summed E-state index contributed by atoms with van der Waals surface area (Å²) in [5.41, 5.74) is 0. The summed E-state index contributed by atoms with van der Waals surface area (Å²) in [7, 11) is -1.54. The van der Waals surface area contributed by atoms with Crippen LogP contribution < -0.4 is 0 Å². The van der Waals surface area contributed by atoms with E-state index in [1.54, 1.807) is 0 Å². The fourth-order valence-corrected chi connectivity index (χ4v) is 3.19. The van der Waals surface area contributed by atoms with E-state index in [1.165, 1.54) is 0 Å². The van der Waals surface area contributed by atoms with Gasteiger partial charge in [0.25, 0.3) is 0 Å². The van der Waals surface area contributed by atoms with Gasteiger partial charge in [-0.15, -0.1) is 4.52 Å². The van der Waals surface area contributed by atoms with Crippen LogP contribution in [-0.2, 0) is 9.09 Å². The molecule has 0 aromatic heterocycles. The molecule has 3 atom stereocenters. The molecule has 0 saturated carbocycles. The van der Waals surface area contributed by atoms with E-state index in [9.17, 15) is 4.57 Å². The zero-order valence-corrected chi connectivity index (χ0v) is 14.0. The van der Waals surface area contributed by atoms with Crippen LogP contribution in [0.5, 0.6) is 0 Å². The molecule has 0 bridgehead atoms. The number of alkyl halides is 4. The van der Waals surface area contributed by atoms with Crippen LogP contribution in [0.25, 0.3) is 0 Å². The summed E-state index contributed by atoms with van der Waals surface area (Å²) in [6.07, 6.45) is 0.544. The van der Waals surface area contributed by atoms with Crippen LogP contribution in [0.1, 0.15) is 0 Å². The van der Waals surface area contributed by atoms with E-state index in [0.717, 1.165) is 10.7 Å². The number of hydrogen-bond donors (Lipinski definition) is 0. The van der Waals surface area contributed by atoms with Crippen molar-refractivity contribution in [3.05, 3.63) is 0 Å². The van der Waals surface area contributed by atoms with Crippen molar-refractivity contribution in [2.75, 3.05) is 23.4 Å². The normalized spacial score (nSPS) is 16.8. The summed E-state index contributed by atoms with van der Waals surface area (Å²) in [6, 6.07) is 0. The minimum atomic E-state index is -1.54.